The maximum Gasteiger partial charge on any atom is 0.337 e. The number of pyridine rings is 1. The van der Waals surface area contributed by atoms with Gasteiger partial charge in [0, 0.05) is 61.1 Å². The lowest BCUT2D eigenvalue weighted by molar-refractivity contribution is -0.160. The summed E-state index contributed by atoms with van der Waals surface area (Å²) in [6, 6.07) is 6.65. The zero-order valence-corrected chi connectivity index (χ0v) is 26.4. The summed E-state index contributed by atoms with van der Waals surface area (Å²) in [6.07, 6.45) is 5.55. The highest BCUT2D eigenvalue weighted by Crippen LogP contribution is 2.45. The molecule has 1 saturated heterocycles. The molecule has 0 spiro atoms. The first kappa shape index (κ1) is 30.0. The summed E-state index contributed by atoms with van der Waals surface area (Å²) in [5.41, 5.74) is 8.52. The Morgan fingerprint density at radius 1 is 0.976 bits per heavy atom. The van der Waals surface area contributed by atoms with Gasteiger partial charge >= 0.3 is 5.97 Å². The predicted molar refractivity (Wildman–Crippen MR) is 167 cm³/mol. The van der Waals surface area contributed by atoms with Gasteiger partial charge in [-0.3, -0.25) is 4.98 Å². The van der Waals surface area contributed by atoms with Crippen molar-refractivity contribution < 1.29 is 14.6 Å². The number of carboxylic acids is 1. The molecule has 5 rings (SSSR count). The molecule has 1 fully saturated rings. The van der Waals surface area contributed by atoms with E-state index in [0.29, 0.717) is 11.3 Å². The first-order valence-corrected chi connectivity index (χ1v) is 15.0. The largest absolute Gasteiger partial charge is 0.479 e. The number of carboxylic acid groups (broad SMARTS) is 1. The molecule has 8 nitrogen and oxygen atoms in total. The highest BCUT2D eigenvalue weighted by Gasteiger charge is 2.36. The van der Waals surface area contributed by atoms with Crippen LogP contribution in [0.15, 0.2) is 30.6 Å². The second-order valence-corrected chi connectivity index (χ2v) is 13.7. The van der Waals surface area contributed by atoms with Crippen LogP contribution in [-0.2, 0) is 22.5 Å². The lowest BCUT2D eigenvalue weighted by atomic mass is 9.81. The van der Waals surface area contributed by atoms with Gasteiger partial charge in [0.1, 0.15) is 0 Å². The van der Waals surface area contributed by atoms with Crippen LogP contribution in [0.5, 0.6) is 0 Å². The molecule has 4 heterocycles. The third kappa shape index (κ3) is 6.28. The van der Waals surface area contributed by atoms with E-state index in [2.05, 4.69) is 51.8 Å². The van der Waals surface area contributed by atoms with Crippen molar-refractivity contribution in [3.8, 4) is 11.1 Å². The van der Waals surface area contributed by atoms with E-state index in [1.54, 1.807) is 0 Å². The minimum atomic E-state index is -1.12. The summed E-state index contributed by atoms with van der Waals surface area (Å²) < 4.78 is 6.24. The van der Waals surface area contributed by atoms with E-state index in [1.807, 2.05) is 53.9 Å². The number of nitrogens with zero attached hydrogens (tertiary/aromatic N) is 5. The lowest BCUT2D eigenvalue weighted by Crippen LogP contribution is -2.39. The van der Waals surface area contributed by atoms with Crippen LogP contribution >= 0.6 is 0 Å². The van der Waals surface area contributed by atoms with Crippen LogP contribution in [0.1, 0.15) is 87.2 Å². The Morgan fingerprint density at radius 2 is 1.64 bits per heavy atom. The third-order valence-electron chi connectivity index (χ3n) is 8.53. The van der Waals surface area contributed by atoms with Crippen LogP contribution in [0.2, 0.25) is 0 Å². The number of piperidine rings is 1. The quantitative estimate of drug-likeness (QED) is 0.354. The summed E-state index contributed by atoms with van der Waals surface area (Å²) in [6.45, 7) is 19.6. The van der Waals surface area contributed by atoms with Crippen molar-refractivity contribution in [3.05, 3.63) is 64.2 Å². The normalized spacial score (nSPS) is 17.6. The van der Waals surface area contributed by atoms with E-state index in [-0.39, 0.29) is 5.41 Å². The van der Waals surface area contributed by atoms with E-state index in [1.165, 1.54) is 11.1 Å². The zero-order valence-electron chi connectivity index (χ0n) is 26.4. The molecule has 224 valence electrons. The van der Waals surface area contributed by atoms with Gasteiger partial charge in [0.15, 0.2) is 6.10 Å². The maximum absolute atomic E-state index is 12.8. The van der Waals surface area contributed by atoms with Crippen molar-refractivity contribution in [2.24, 2.45) is 5.41 Å². The number of anilines is 2. The average Bonchev–Trinajstić information content (AvgIpc) is 2.91. The summed E-state index contributed by atoms with van der Waals surface area (Å²) in [4.78, 5) is 31.4. The van der Waals surface area contributed by atoms with Gasteiger partial charge in [0.25, 0.3) is 0 Å². The van der Waals surface area contributed by atoms with Gasteiger partial charge in [-0.05, 0) is 88.5 Å². The van der Waals surface area contributed by atoms with Crippen LogP contribution in [-0.4, -0.2) is 51.3 Å². The fraction of sp³-hybridized carbons (Fsp3) is 0.529. The van der Waals surface area contributed by atoms with Gasteiger partial charge in [0.05, 0.1) is 11.3 Å². The predicted octanol–water partition coefficient (Wildman–Crippen LogP) is 6.59. The molecule has 8 heteroatoms. The molecule has 0 unspecified atom stereocenters. The van der Waals surface area contributed by atoms with Crippen molar-refractivity contribution >= 4 is 17.6 Å². The van der Waals surface area contributed by atoms with E-state index in [4.69, 9.17) is 9.72 Å². The van der Waals surface area contributed by atoms with Crippen LogP contribution in [0.3, 0.4) is 0 Å². The molecule has 0 saturated carbocycles. The summed E-state index contributed by atoms with van der Waals surface area (Å²) in [5.74, 6) is -0.237. The number of hydrogen-bond donors (Lipinski definition) is 1. The molecule has 0 amide bonds. The molecular formula is C34H45N5O3. The zero-order chi connectivity index (χ0) is 30.4. The second-order valence-electron chi connectivity index (χ2n) is 13.7. The topological polar surface area (TPSA) is 91.7 Å². The Kier molecular flexibility index (Phi) is 8.05. The van der Waals surface area contributed by atoms with Crippen LogP contribution < -0.4 is 9.80 Å². The fourth-order valence-corrected chi connectivity index (χ4v) is 6.18. The van der Waals surface area contributed by atoms with Crippen molar-refractivity contribution in [1.82, 2.24) is 15.0 Å². The Hall–Kier alpha value is -3.52. The fourth-order valence-electron chi connectivity index (χ4n) is 6.18. The highest BCUT2D eigenvalue weighted by molar-refractivity contribution is 5.88. The van der Waals surface area contributed by atoms with Crippen molar-refractivity contribution in [2.75, 3.05) is 29.4 Å². The Morgan fingerprint density at radius 3 is 2.26 bits per heavy atom. The smallest absolute Gasteiger partial charge is 0.337 e. The minimum absolute atomic E-state index is 0.251. The van der Waals surface area contributed by atoms with E-state index >= 15 is 0 Å². The van der Waals surface area contributed by atoms with Gasteiger partial charge < -0.3 is 19.6 Å². The number of hydrogen-bond acceptors (Lipinski definition) is 7. The molecule has 2 aromatic heterocycles. The van der Waals surface area contributed by atoms with Gasteiger partial charge in [-0.15, -0.1) is 0 Å². The molecular weight excluding hydrogens is 526 g/mol. The third-order valence-corrected chi connectivity index (χ3v) is 8.53. The highest BCUT2D eigenvalue weighted by atomic mass is 16.5. The molecule has 42 heavy (non-hydrogen) atoms. The van der Waals surface area contributed by atoms with E-state index in [9.17, 15) is 9.90 Å². The van der Waals surface area contributed by atoms with E-state index in [0.717, 1.165) is 79.5 Å². The number of fused-ring (bicyclic) bond motifs is 1. The van der Waals surface area contributed by atoms with Crippen LogP contribution in [0.25, 0.3) is 11.1 Å². The SMILES string of the molecule is Cc1cnc(N2CCc3cc(-c4c(C)nc(C)c([C@H](OC(C)(C)C)C(=O)O)c4N4CCC(C)(C)CC4)ccc3C2)nc1. The molecule has 1 aromatic carbocycles. The average molecular weight is 572 g/mol. The van der Waals surface area contributed by atoms with Gasteiger partial charge in [0.2, 0.25) is 5.95 Å². The van der Waals surface area contributed by atoms with Crippen molar-refractivity contribution in [2.45, 2.75) is 92.9 Å². The van der Waals surface area contributed by atoms with Crippen LogP contribution in [0, 0.1) is 26.2 Å². The van der Waals surface area contributed by atoms with Gasteiger partial charge in [-0.1, -0.05) is 32.0 Å². The summed E-state index contributed by atoms with van der Waals surface area (Å²) in [7, 11) is 0. The monoisotopic (exact) mass is 571 g/mol. The molecule has 0 aliphatic carbocycles. The molecule has 1 atom stereocenters. The number of rotatable bonds is 6. The number of aliphatic carboxylic acids is 1. The number of aryl methyl sites for hydroxylation is 3. The molecule has 1 N–H and O–H groups in total. The van der Waals surface area contributed by atoms with Gasteiger partial charge in [-0.2, -0.15) is 0 Å². The maximum atomic E-state index is 12.8. The first-order chi connectivity index (χ1) is 19.7. The second kappa shape index (κ2) is 11.3. The Balaban J connectivity index is 1.61. The number of aromatic nitrogens is 3. The molecule has 0 radical (unpaired) electrons. The summed E-state index contributed by atoms with van der Waals surface area (Å²) >= 11 is 0. The molecule has 2 aliphatic heterocycles. The standard InChI is InChI=1S/C34H45N5O3/c1-21-18-35-32(36-19-21)39-14-11-24-17-25(9-10-26(24)20-39)27-22(2)37-23(3)28(30(31(40)41)42-33(4,5)6)29(27)38-15-12-34(7,8)13-16-38/h9-10,17-19,30H,11-16,20H2,1-8H3,(H,40,41)/t30-/m0/s1. The first-order valence-electron chi connectivity index (χ1n) is 15.0. The van der Waals surface area contributed by atoms with Gasteiger partial charge in [-0.25, -0.2) is 14.8 Å². The molecule has 3 aromatic rings. The Bertz CT molecular complexity index is 1470. The van der Waals surface area contributed by atoms with Crippen molar-refractivity contribution in [1.29, 1.82) is 0 Å². The number of ether oxygens (including phenoxy) is 1. The minimum Gasteiger partial charge on any atom is -0.479 e. The lowest BCUT2D eigenvalue weighted by Gasteiger charge is -2.41. The number of carbonyl (C=O) groups is 1. The van der Waals surface area contributed by atoms with E-state index < -0.39 is 17.7 Å². The number of benzene rings is 1. The molecule has 2 aliphatic rings. The van der Waals surface area contributed by atoms with Crippen LogP contribution in [0.4, 0.5) is 11.6 Å². The Labute approximate surface area is 250 Å². The van der Waals surface area contributed by atoms with Crippen molar-refractivity contribution in [3.63, 3.8) is 0 Å². The molecule has 0 bridgehead atoms. The summed E-state index contributed by atoms with van der Waals surface area (Å²) in [5, 5.41) is 10.5.